The lowest BCUT2D eigenvalue weighted by atomic mass is 9.96. The van der Waals surface area contributed by atoms with Crippen LogP contribution in [0.2, 0.25) is 0 Å². The monoisotopic (exact) mass is 411 g/mol. The molecule has 0 aliphatic carbocycles. The van der Waals surface area contributed by atoms with Crippen molar-refractivity contribution in [1.29, 1.82) is 0 Å². The van der Waals surface area contributed by atoms with Crippen LogP contribution in [-0.2, 0) is 16.0 Å². The molecular formula is C23H29N3O4. The van der Waals surface area contributed by atoms with Crippen LogP contribution in [0.1, 0.15) is 52.9 Å². The van der Waals surface area contributed by atoms with Crippen molar-refractivity contribution in [3.8, 4) is 0 Å². The highest BCUT2D eigenvalue weighted by molar-refractivity contribution is 5.93. The van der Waals surface area contributed by atoms with E-state index in [0.29, 0.717) is 63.2 Å². The van der Waals surface area contributed by atoms with E-state index in [1.165, 1.54) is 5.56 Å². The van der Waals surface area contributed by atoms with E-state index >= 15 is 0 Å². The molecule has 0 spiro atoms. The van der Waals surface area contributed by atoms with Gasteiger partial charge in [-0.2, -0.15) is 0 Å². The van der Waals surface area contributed by atoms with Crippen LogP contribution in [0.5, 0.6) is 0 Å². The number of aryl methyl sites for hydroxylation is 2. The summed E-state index contributed by atoms with van der Waals surface area (Å²) in [6.45, 7) is 5.50. The number of hydrogen-bond donors (Lipinski definition) is 0. The Morgan fingerprint density at radius 3 is 2.43 bits per heavy atom. The van der Waals surface area contributed by atoms with E-state index in [-0.39, 0.29) is 17.7 Å². The summed E-state index contributed by atoms with van der Waals surface area (Å²) in [5.41, 5.74) is 1.60. The van der Waals surface area contributed by atoms with E-state index in [1.807, 2.05) is 23.1 Å². The maximum atomic E-state index is 12.7. The minimum Gasteiger partial charge on any atom is -0.445 e. The highest BCUT2D eigenvalue weighted by Gasteiger charge is 2.30. The predicted octanol–water partition coefficient (Wildman–Crippen LogP) is 2.79. The number of rotatable bonds is 5. The van der Waals surface area contributed by atoms with E-state index in [9.17, 15) is 9.59 Å². The number of amides is 2. The molecule has 3 heterocycles. The number of likely N-dealkylation sites (tertiary alicyclic amines) is 1. The van der Waals surface area contributed by atoms with Crippen LogP contribution in [0.15, 0.2) is 34.7 Å². The molecule has 0 radical (unpaired) electrons. The molecule has 2 saturated heterocycles. The van der Waals surface area contributed by atoms with E-state index in [0.717, 1.165) is 19.3 Å². The molecule has 0 unspecified atom stereocenters. The van der Waals surface area contributed by atoms with Gasteiger partial charge in [0.25, 0.3) is 5.91 Å². The summed E-state index contributed by atoms with van der Waals surface area (Å²) in [6.07, 6.45) is 2.92. The van der Waals surface area contributed by atoms with Crippen molar-refractivity contribution < 1.29 is 18.7 Å². The molecule has 2 aliphatic rings. The van der Waals surface area contributed by atoms with E-state index in [4.69, 9.17) is 9.15 Å². The maximum absolute atomic E-state index is 12.7. The van der Waals surface area contributed by atoms with Gasteiger partial charge < -0.3 is 19.0 Å². The van der Waals surface area contributed by atoms with Gasteiger partial charge in [-0.05, 0) is 31.7 Å². The molecule has 4 rings (SSSR count). The summed E-state index contributed by atoms with van der Waals surface area (Å²) in [5, 5.41) is 0. The second-order valence-corrected chi connectivity index (χ2v) is 8.00. The zero-order valence-electron chi connectivity index (χ0n) is 17.5. The summed E-state index contributed by atoms with van der Waals surface area (Å²) in [7, 11) is 0. The number of hydrogen-bond acceptors (Lipinski definition) is 5. The molecule has 0 N–H and O–H groups in total. The molecule has 7 nitrogen and oxygen atoms in total. The second-order valence-electron chi connectivity index (χ2n) is 8.00. The molecule has 2 fully saturated rings. The van der Waals surface area contributed by atoms with Crippen LogP contribution in [0.3, 0.4) is 0 Å². The number of carbonyl (C=O) groups is 2. The Morgan fingerprint density at radius 1 is 1.03 bits per heavy atom. The largest absolute Gasteiger partial charge is 0.445 e. The maximum Gasteiger partial charge on any atom is 0.276 e. The first-order valence-electron chi connectivity index (χ1n) is 10.8. The molecule has 0 saturated carbocycles. The van der Waals surface area contributed by atoms with Crippen molar-refractivity contribution in [3.05, 3.63) is 53.2 Å². The molecular weight excluding hydrogens is 382 g/mol. The van der Waals surface area contributed by atoms with Crippen LogP contribution in [-0.4, -0.2) is 66.0 Å². The summed E-state index contributed by atoms with van der Waals surface area (Å²) >= 11 is 0. The number of aromatic nitrogens is 1. The zero-order chi connectivity index (χ0) is 20.9. The number of oxazole rings is 1. The molecule has 2 amide bonds. The number of piperidine rings is 1. The normalized spacial score (nSPS) is 17.9. The Kier molecular flexibility index (Phi) is 6.47. The third-order valence-corrected chi connectivity index (χ3v) is 5.98. The number of nitrogens with zero attached hydrogens (tertiary/aromatic N) is 3. The molecule has 160 valence electrons. The lowest BCUT2D eigenvalue weighted by Gasteiger charge is -2.30. The first-order chi connectivity index (χ1) is 14.6. The van der Waals surface area contributed by atoms with Gasteiger partial charge in [-0.3, -0.25) is 9.59 Å². The van der Waals surface area contributed by atoms with Crippen LogP contribution < -0.4 is 0 Å². The average molecular weight is 412 g/mol. The molecule has 1 aromatic heterocycles. The summed E-state index contributed by atoms with van der Waals surface area (Å²) < 4.78 is 11.2. The van der Waals surface area contributed by atoms with E-state index in [2.05, 4.69) is 17.1 Å². The van der Waals surface area contributed by atoms with E-state index in [1.54, 1.807) is 11.8 Å². The van der Waals surface area contributed by atoms with Crippen molar-refractivity contribution >= 4 is 11.8 Å². The standard InChI is InChI=1S/C23H29N3O4/c1-17-21(23(28)26-13-15-29-16-14-26)24-22(30-17)19-9-11-25(12-10-19)20(27)8-7-18-5-3-2-4-6-18/h2-6,19H,7-16H2,1H3. The van der Waals surface area contributed by atoms with Crippen molar-refractivity contribution in [3.63, 3.8) is 0 Å². The molecule has 1 aromatic carbocycles. The minimum atomic E-state index is -0.0840. The third kappa shape index (κ3) is 4.73. The molecule has 0 atom stereocenters. The molecule has 2 aliphatic heterocycles. The summed E-state index contributed by atoms with van der Waals surface area (Å²) in [5.74, 6) is 1.46. The van der Waals surface area contributed by atoms with Gasteiger partial charge in [-0.25, -0.2) is 4.98 Å². The molecule has 0 bridgehead atoms. The van der Waals surface area contributed by atoms with Crippen molar-refractivity contribution in [2.45, 2.75) is 38.5 Å². The first kappa shape index (κ1) is 20.6. The van der Waals surface area contributed by atoms with Crippen molar-refractivity contribution in [2.24, 2.45) is 0 Å². The Labute approximate surface area is 177 Å². The van der Waals surface area contributed by atoms with Gasteiger partial charge in [-0.1, -0.05) is 30.3 Å². The Bertz CT molecular complexity index is 866. The number of carbonyl (C=O) groups excluding carboxylic acids is 2. The first-order valence-corrected chi connectivity index (χ1v) is 10.8. The second kappa shape index (κ2) is 9.43. The Morgan fingerprint density at radius 2 is 1.73 bits per heavy atom. The smallest absolute Gasteiger partial charge is 0.276 e. The van der Waals surface area contributed by atoms with Gasteiger partial charge in [0.15, 0.2) is 11.6 Å². The minimum absolute atomic E-state index is 0.0840. The van der Waals surface area contributed by atoms with Gasteiger partial charge in [0.2, 0.25) is 5.91 Å². The quantitative estimate of drug-likeness (QED) is 0.756. The molecule has 2 aromatic rings. The van der Waals surface area contributed by atoms with Crippen molar-refractivity contribution in [2.75, 3.05) is 39.4 Å². The molecule has 7 heteroatoms. The van der Waals surface area contributed by atoms with Gasteiger partial charge in [0.1, 0.15) is 5.76 Å². The van der Waals surface area contributed by atoms with Crippen LogP contribution >= 0.6 is 0 Å². The highest BCUT2D eigenvalue weighted by Crippen LogP contribution is 2.29. The van der Waals surface area contributed by atoms with Crippen LogP contribution in [0.25, 0.3) is 0 Å². The summed E-state index contributed by atoms with van der Waals surface area (Å²) in [4.78, 5) is 33.6. The average Bonchev–Trinajstić information content (AvgIpc) is 3.20. The Hall–Kier alpha value is -2.67. The van der Waals surface area contributed by atoms with Crippen LogP contribution in [0, 0.1) is 6.92 Å². The third-order valence-electron chi connectivity index (χ3n) is 5.98. The fourth-order valence-corrected chi connectivity index (χ4v) is 4.14. The van der Waals surface area contributed by atoms with Gasteiger partial charge in [0, 0.05) is 38.5 Å². The predicted molar refractivity (Wildman–Crippen MR) is 111 cm³/mol. The van der Waals surface area contributed by atoms with Crippen LogP contribution in [0.4, 0.5) is 0 Å². The number of benzene rings is 1. The van der Waals surface area contributed by atoms with Gasteiger partial charge >= 0.3 is 0 Å². The highest BCUT2D eigenvalue weighted by atomic mass is 16.5. The number of morpholine rings is 1. The fourth-order valence-electron chi connectivity index (χ4n) is 4.14. The fraction of sp³-hybridized carbons (Fsp3) is 0.522. The summed E-state index contributed by atoms with van der Waals surface area (Å²) in [6, 6.07) is 10.1. The van der Waals surface area contributed by atoms with Crippen molar-refractivity contribution in [1.82, 2.24) is 14.8 Å². The molecule has 30 heavy (non-hydrogen) atoms. The lowest BCUT2D eigenvalue weighted by Crippen LogP contribution is -2.41. The van der Waals surface area contributed by atoms with E-state index < -0.39 is 0 Å². The lowest BCUT2D eigenvalue weighted by molar-refractivity contribution is -0.132. The Balaban J connectivity index is 1.30. The zero-order valence-corrected chi connectivity index (χ0v) is 17.5. The SMILES string of the molecule is Cc1oc(C2CCN(C(=O)CCc3ccccc3)CC2)nc1C(=O)N1CCOCC1. The topological polar surface area (TPSA) is 75.9 Å². The number of ether oxygens (including phenoxy) is 1. The van der Waals surface area contributed by atoms with Gasteiger partial charge in [-0.15, -0.1) is 0 Å². The van der Waals surface area contributed by atoms with Gasteiger partial charge in [0.05, 0.1) is 13.2 Å².